The first-order valence-electron chi connectivity index (χ1n) is 16.4. The molecular formula is C32H37ClF4N12O2. The molecule has 2 atom stereocenters. The monoisotopic (exact) mass is 732 g/mol. The van der Waals surface area contributed by atoms with Crippen LogP contribution in [0.4, 0.5) is 40.6 Å². The Hall–Kier alpha value is -4.87. The minimum Gasteiger partial charge on any atom is -0.351 e. The number of halogens is 5. The Morgan fingerprint density at radius 3 is 1.75 bits per heavy atom. The number of rotatable bonds is 5. The minimum atomic E-state index is -2.67. The number of imidazole rings is 2. The van der Waals surface area contributed by atoms with Crippen molar-refractivity contribution in [2.45, 2.75) is 88.4 Å². The number of carbonyl (C=O) groups excluding carboxylic acids is 2. The van der Waals surface area contributed by atoms with Crippen molar-refractivity contribution in [3.63, 3.8) is 0 Å². The van der Waals surface area contributed by atoms with Crippen molar-refractivity contribution in [2.24, 2.45) is 0 Å². The van der Waals surface area contributed by atoms with Gasteiger partial charge in [-0.05, 0) is 24.4 Å². The van der Waals surface area contributed by atoms with Crippen molar-refractivity contribution in [1.82, 2.24) is 39.5 Å². The van der Waals surface area contributed by atoms with Crippen LogP contribution in [0.3, 0.4) is 0 Å². The van der Waals surface area contributed by atoms with Crippen LogP contribution < -0.4 is 19.6 Å². The van der Waals surface area contributed by atoms with Gasteiger partial charge < -0.3 is 24.6 Å². The summed E-state index contributed by atoms with van der Waals surface area (Å²) in [4.78, 5) is 58.8. The largest absolute Gasteiger partial charge is 0.351 e. The lowest BCUT2D eigenvalue weighted by molar-refractivity contribution is -0.122. The molecule has 2 aliphatic heterocycles. The molecule has 14 nitrogen and oxygen atoms in total. The zero-order valence-corrected chi connectivity index (χ0v) is 29.1. The van der Waals surface area contributed by atoms with Crippen LogP contribution in [-0.4, -0.2) is 101 Å². The van der Waals surface area contributed by atoms with Gasteiger partial charge >= 0.3 is 0 Å². The number of hydrogen-bond donors (Lipinski definition) is 1. The molecule has 6 heterocycles. The first-order valence-corrected chi connectivity index (χ1v) is 16.8. The molecule has 272 valence electrons. The number of likely N-dealkylation sites (N-methyl/N-ethyl adjacent to an activating group) is 2. The number of nitrogens with one attached hydrogen (secondary N) is 1. The molecule has 4 aliphatic rings. The zero-order chi connectivity index (χ0) is 36.7. The molecule has 2 amide bonds. The highest BCUT2D eigenvalue weighted by atomic mass is 35.5. The number of aromatic nitrogens is 8. The number of alkyl halides is 4. The van der Waals surface area contributed by atoms with Crippen LogP contribution in [0, 0.1) is 0 Å². The van der Waals surface area contributed by atoms with Crippen LogP contribution in [0.25, 0.3) is 5.95 Å². The summed E-state index contributed by atoms with van der Waals surface area (Å²) in [6.45, 7) is 3.73. The normalized spacial score (nSPS) is 22.1. The molecule has 2 saturated carbocycles. The molecule has 0 saturated heterocycles. The molecule has 0 radical (unpaired) electrons. The number of amides is 2. The van der Waals surface area contributed by atoms with Gasteiger partial charge in [-0.1, -0.05) is 13.8 Å². The number of H-pyrrole nitrogens is 1. The van der Waals surface area contributed by atoms with Crippen LogP contribution >= 0.6 is 11.6 Å². The highest BCUT2D eigenvalue weighted by Crippen LogP contribution is 2.47. The van der Waals surface area contributed by atoms with Crippen LogP contribution in [0.2, 0.25) is 5.28 Å². The lowest BCUT2D eigenvalue weighted by Gasteiger charge is -2.49. The fraction of sp³-hybridized carbons (Fsp3) is 0.500. The Balaban J connectivity index is 0.000000156. The fourth-order valence-corrected chi connectivity index (χ4v) is 6.87. The van der Waals surface area contributed by atoms with Gasteiger partial charge in [0.05, 0.1) is 18.7 Å². The number of fused-ring (bicyclic) bond motifs is 2. The fourth-order valence-electron chi connectivity index (χ4n) is 6.74. The van der Waals surface area contributed by atoms with E-state index in [1.807, 2.05) is 13.8 Å². The molecule has 8 rings (SSSR count). The predicted molar refractivity (Wildman–Crippen MR) is 181 cm³/mol. The summed E-state index contributed by atoms with van der Waals surface area (Å²) in [6.07, 6.45) is 13.0. The summed E-state index contributed by atoms with van der Waals surface area (Å²) in [5, 5.41) is 0.0439. The van der Waals surface area contributed by atoms with Gasteiger partial charge in [0, 0.05) is 76.6 Å². The quantitative estimate of drug-likeness (QED) is 0.222. The third-order valence-electron chi connectivity index (χ3n) is 9.41. The number of hydrogen-bond acceptors (Lipinski definition) is 10. The van der Waals surface area contributed by atoms with Gasteiger partial charge in [-0.25, -0.2) is 37.5 Å². The van der Waals surface area contributed by atoms with E-state index in [1.54, 1.807) is 72.1 Å². The number of anilines is 4. The van der Waals surface area contributed by atoms with Gasteiger partial charge in [-0.2, -0.15) is 9.97 Å². The van der Waals surface area contributed by atoms with E-state index in [-0.39, 0.29) is 42.8 Å². The summed E-state index contributed by atoms with van der Waals surface area (Å²) in [7, 11) is 3.30. The second-order valence-electron chi connectivity index (χ2n) is 12.8. The molecule has 1 N–H and O–H groups in total. The molecule has 0 unspecified atom stereocenters. The van der Waals surface area contributed by atoms with Crippen molar-refractivity contribution in [3.8, 4) is 5.95 Å². The van der Waals surface area contributed by atoms with E-state index in [4.69, 9.17) is 11.6 Å². The molecule has 51 heavy (non-hydrogen) atoms. The van der Waals surface area contributed by atoms with Gasteiger partial charge in [-0.15, -0.1) is 0 Å². The Bertz CT molecular complexity index is 1810. The highest BCUT2D eigenvalue weighted by molar-refractivity contribution is 6.28. The van der Waals surface area contributed by atoms with Crippen LogP contribution in [0.5, 0.6) is 0 Å². The molecular weight excluding hydrogens is 696 g/mol. The Kier molecular flexibility index (Phi) is 9.89. The Morgan fingerprint density at radius 1 is 0.804 bits per heavy atom. The third kappa shape index (κ3) is 7.05. The molecule has 4 aromatic heterocycles. The maximum Gasteiger partial charge on any atom is 0.252 e. The average Bonchev–Trinajstić information content (AvgIpc) is 3.84. The van der Waals surface area contributed by atoms with Crippen LogP contribution in [-0.2, 0) is 9.59 Å². The molecule has 0 aromatic carbocycles. The number of nitrogens with zero attached hydrogens (tertiary/aromatic N) is 11. The van der Waals surface area contributed by atoms with Crippen LogP contribution in [0.1, 0.15) is 52.4 Å². The molecule has 2 fully saturated rings. The second-order valence-corrected chi connectivity index (χ2v) is 13.1. The Morgan fingerprint density at radius 2 is 1.33 bits per heavy atom. The topological polar surface area (TPSA) is 145 Å². The Labute approximate surface area is 295 Å². The lowest BCUT2D eigenvalue weighted by atomic mass is 9.85. The summed E-state index contributed by atoms with van der Waals surface area (Å²) in [5.41, 5.74) is 1.04. The van der Waals surface area contributed by atoms with Crippen molar-refractivity contribution < 1.29 is 27.2 Å². The van der Waals surface area contributed by atoms with Crippen molar-refractivity contribution in [1.29, 1.82) is 0 Å². The molecule has 0 bridgehead atoms. The van der Waals surface area contributed by atoms with Crippen molar-refractivity contribution in [3.05, 3.63) is 55.1 Å². The van der Waals surface area contributed by atoms with Gasteiger partial charge in [0.1, 0.15) is 29.8 Å². The van der Waals surface area contributed by atoms with E-state index in [1.165, 1.54) is 16.0 Å². The molecule has 4 aromatic rings. The average molecular weight is 733 g/mol. The van der Waals surface area contributed by atoms with Gasteiger partial charge in [0.2, 0.25) is 23.0 Å². The molecule has 19 heteroatoms. The third-order valence-corrected chi connectivity index (χ3v) is 9.59. The van der Waals surface area contributed by atoms with Crippen molar-refractivity contribution in [2.75, 3.05) is 33.7 Å². The van der Waals surface area contributed by atoms with E-state index in [0.717, 1.165) is 0 Å². The predicted octanol–water partition coefficient (Wildman–Crippen LogP) is 4.92. The lowest BCUT2D eigenvalue weighted by Crippen LogP contribution is -2.61. The zero-order valence-electron chi connectivity index (χ0n) is 28.3. The van der Waals surface area contributed by atoms with E-state index >= 15 is 0 Å². The van der Waals surface area contributed by atoms with Crippen molar-refractivity contribution >= 4 is 46.4 Å². The first-order chi connectivity index (χ1) is 24.2. The van der Waals surface area contributed by atoms with Gasteiger partial charge in [0.15, 0.2) is 11.6 Å². The number of aromatic amines is 1. The van der Waals surface area contributed by atoms with E-state index in [9.17, 15) is 27.2 Å². The van der Waals surface area contributed by atoms with E-state index in [2.05, 4.69) is 34.9 Å². The summed E-state index contributed by atoms with van der Waals surface area (Å²) in [5.74, 6) is -4.21. The SMILES string of the molecule is CC[C@@H]1C(=O)N(C)c2cnc(-n3ccnc3)nc2N1C1CC(F)(F)C1.CC[C@@H]1C(=O)N(C)c2cnc(Cl)nc2N1C1CC(F)(F)C1.c1c[nH]cn1. The summed E-state index contributed by atoms with van der Waals surface area (Å²) >= 11 is 5.84. The maximum absolute atomic E-state index is 13.5. The maximum atomic E-state index is 13.5. The second kappa shape index (κ2) is 14.0. The summed E-state index contributed by atoms with van der Waals surface area (Å²) in [6, 6.07) is -1.78. The minimum absolute atomic E-state index is 0.0439. The van der Waals surface area contributed by atoms with Gasteiger partial charge in [-0.3, -0.25) is 14.2 Å². The summed E-state index contributed by atoms with van der Waals surface area (Å²) < 4.78 is 55.0. The molecule has 2 aliphatic carbocycles. The van der Waals surface area contributed by atoms with E-state index < -0.39 is 36.0 Å². The standard InChI is InChI=1S/C16H18F2N6O.C13H15ClF2N4O.C3H4N2/c1-3-11-14(25)22(2)12-8-20-15(23-5-4-19-9-23)21-13(12)24(11)10-6-16(17,18)7-10;1-3-8-11(21)19(2)9-6-17-12(14)18-10(9)20(8)7-4-13(15,16)5-7;1-2-5-3-4-1/h4-5,8-11H,3,6-7H2,1-2H3;6-8H,3-5H2,1-2H3;1-3H,(H,4,5)/t11-;8-;/m11./s1. The van der Waals surface area contributed by atoms with Gasteiger partial charge in [0.25, 0.3) is 11.8 Å². The number of carbonyl (C=O) groups is 2. The smallest absolute Gasteiger partial charge is 0.252 e. The van der Waals surface area contributed by atoms with Crippen LogP contribution in [0.15, 0.2) is 49.8 Å². The molecule has 0 spiro atoms. The highest BCUT2D eigenvalue weighted by Gasteiger charge is 2.54. The van der Waals surface area contributed by atoms with E-state index in [0.29, 0.717) is 41.8 Å². The first kappa shape index (κ1) is 35.9.